The van der Waals surface area contributed by atoms with Gasteiger partial charge in [-0.15, -0.1) is 0 Å². The summed E-state index contributed by atoms with van der Waals surface area (Å²) in [6, 6.07) is 11.0. The van der Waals surface area contributed by atoms with E-state index >= 15 is 0 Å². The number of carbonyl (C=O) groups is 2. The van der Waals surface area contributed by atoms with Gasteiger partial charge >= 0.3 is 6.03 Å². The average molecular weight is 393 g/mol. The highest BCUT2D eigenvalue weighted by molar-refractivity contribution is 6.43. The van der Waals surface area contributed by atoms with Crippen LogP contribution in [0.1, 0.15) is 24.8 Å². The van der Waals surface area contributed by atoms with Crippen molar-refractivity contribution in [2.24, 2.45) is 5.16 Å². The lowest BCUT2D eigenvalue weighted by Crippen LogP contribution is -2.52. The van der Waals surface area contributed by atoms with Gasteiger partial charge in [0.1, 0.15) is 5.71 Å². The van der Waals surface area contributed by atoms with Gasteiger partial charge in [-0.3, -0.25) is 9.78 Å². The molecule has 2 aromatic rings. The molecule has 1 fully saturated rings. The first-order valence-corrected chi connectivity index (χ1v) is 9.62. The van der Waals surface area contributed by atoms with Crippen LogP contribution < -0.4 is 10.6 Å². The Kier molecular flexibility index (Phi) is 5.16. The summed E-state index contributed by atoms with van der Waals surface area (Å²) in [6.07, 6.45) is 5.11. The molecule has 0 bridgehead atoms. The molecule has 2 N–H and O–H groups in total. The van der Waals surface area contributed by atoms with Crippen molar-refractivity contribution < 1.29 is 14.4 Å². The lowest BCUT2D eigenvalue weighted by molar-refractivity contribution is -0.110. The Morgan fingerprint density at radius 1 is 1.17 bits per heavy atom. The van der Waals surface area contributed by atoms with Gasteiger partial charge in [0.15, 0.2) is 5.60 Å². The number of hydrogen-bond donors (Lipinski definition) is 2. The van der Waals surface area contributed by atoms with Crippen molar-refractivity contribution in [1.82, 2.24) is 9.88 Å². The maximum atomic E-state index is 12.7. The Bertz CT molecular complexity index is 946. The molecule has 4 rings (SSSR count). The van der Waals surface area contributed by atoms with Gasteiger partial charge in [0, 0.05) is 24.8 Å². The number of hydrogen-bond acceptors (Lipinski definition) is 5. The van der Waals surface area contributed by atoms with Crippen molar-refractivity contribution in [3.8, 4) is 0 Å². The molecular formula is C21H23N5O3. The van der Waals surface area contributed by atoms with Crippen LogP contribution in [0.5, 0.6) is 0 Å². The van der Waals surface area contributed by atoms with Crippen LogP contribution in [0.2, 0.25) is 0 Å². The lowest BCUT2D eigenvalue weighted by atomic mass is 9.88. The normalized spacial score (nSPS) is 20.7. The highest BCUT2D eigenvalue weighted by Gasteiger charge is 2.45. The van der Waals surface area contributed by atoms with E-state index in [2.05, 4.69) is 20.8 Å². The molecule has 8 nitrogen and oxygen atoms in total. The number of nitrogens with zero attached hydrogens (tertiary/aromatic N) is 3. The Morgan fingerprint density at radius 3 is 2.83 bits per heavy atom. The zero-order chi connectivity index (χ0) is 20.3. The van der Waals surface area contributed by atoms with E-state index in [9.17, 15) is 9.59 Å². The summed E-state index contributed by atoms with van der Waals surface area (Å²) >= 11 is 0. The predicted octanol–water partition coefficient (Wildman–Crippen LogP) is 3.17. The van der Waals surface area contributed by atoms with E-state index < -0.39 is 5.60 Å². The minimum atomic E-state index is -0.649. The van der Waals surface area contributed by atoms with Gasteiger partial charge < -0.3 is 20.4 Å². The summed E-state index contributed by atoms with van der Waals surface area (Å²) in [5.74, 6) is -0.309. The second-order valence-corrected chi connectivity index (χ2v) is 7.51. The molecule has 1 aromatic heterocycles. The molecule has 1 spiro atoms. The minimum absolute atomic E-state index is 0.175. The number of urea groups is 1. The Hall–Kier alpha value is -3.42. The number of piperidine rings is 1. The van der Waals surface area contributed by atoms with Gasteiger partial charge in [0.2, 0.25) is 0 Å². The van der Waals surface area contributed by atoms with Gasteiger partial charge in [0.05, 0.1) is 18.4 Å². The fraction of sp³-hybridized carbons (Fsp3) is 0.333. The molecule has 8 heteroatoms. The SMILES string of the molecule is Cc1cccc(NC(=O)N2CCCC3(CC(C(=O)Nc4cccnc4)=NO3)C2)c1. The Balaban J connectivity index is 1.37. The second-order valence-electron chi connectivity index (χ2n) is 7.51. The van der Waals surface area contributed by atoms with E-state index in [1.165, 1.54) is 0 Å². The largest absolute Gasteiger partial charge is 0.386 e. The maximum Gasteiger partial charge on any atom is 0.321 e. The molecule has 1 atom stereocenters. The van der Waals surface area contributed by atoms with Crippen molar-refractivity contribution in [3.05, 3.63) is 54.4 Å². The number of carbonyl (C=O) groups excluding carboxylic acids is 2. The van der Waals surface area contributed by atoms with E-state index in [4.69, 9.17) is 4.84 Å². The Morgan fingerprint density at radius 2 is 2.03 bits per heavy atom. The van der Waals surface area contributed by atoms with E-state index in [1.54, 1.807) is 29.4 Å². The van der Waals surface area contributed by atoms with E-state index in [1.807, 2.05) is 31.2 Å². The molecule has 0 saturated carbocycles. The molecule has 29 heavy (non-hydrogen) atoms. The second kappa shape index (κ2) is 7.90. The van der Waals surface area contributed by atoms with Gasteiger partial charge in [-0.2, -0.15) is 0 Å². The summed E-state index contributed by atoms with van der Waals surface area (Å²) in [6.45, 7) is 3.01. The molecule has 1 saturated heterocycles. The number of nitrogens with one attached hydrogen (secondary N) is 2. The highest BCUT2D eigenvalue weighted by atomic mass is 16.7. The van der Waals surface area contributed by atoms with Crippen molar-refractivity contribution in [3.63, 3.8) is 0 Å². The number of aryl methyl sites for hydroxylation is 1. The van der Waals surface area contributed by atoms with Crippen molar-refractivity contribution in [1.29, 1.82) is 0 Å². The van der Waals surface area contributed by atoms with Crippen LogP contribution in [0.25, 0.3) is 0 Å². The number of benzene rings is 1. The third-order valence-electron chi connectivity index (χ3n) is 5.12. The smallest absolute Gasteiger partial charge is 0.321 e. The molecule has 3 amide bonds. The summed E-state index contributed by atoms with van der Waals surface area (Å²) < 4.78 is 0. The number of aromatic nitrogens is 1. The van der Waals surface area contributed by atoms with Crippen LogP contribution >= 0.6 is 0 Å². The van der Waals surface area contributed by atoms with Gasteiger partial charge in [-0.1, -0.05) is 17.3 Å². The topological polar surface area (TPSA) is 95.9 Å². The first kappa shape index (κ1) is 18.9. The van der Waals surface area contributed by atoms with Gasteiger partial charge in [0.25, 0.3) is 5.91 Å². The first-order chi connectivity index (χ1) is 14.0. The van der Waals surface area contributed by atoms with Crippen LogP contribution in [0.4, 0.5) is 16.2 Å². The number of rotatable bonds is 3. The standard InChI is InChI=1S/C21H23N5O3/c1-15-5-2-6-16(11-15)24-20(28)26-10-4-8-21(14-26)12-18(25-29-21)19(27)23-17-7-3-9-22-13-17/h2-3,5-7,9,11,13H,4,8,10,12,14H2,1H3,(H,23,27)(H,24,28). The number of amides is 3. The van der Waals surface area contributed by atoms with Crippen LogP contribution in [0.15, 0.2) is 53.9 Å². The summed E-state index contributed by atoms with van der Waals surface area (Å²) in [5, 5.41) is 9.73. The lowest BCUT2D eigenvalue weighted by Gasteiger charge is -2.38. The van der Waals surface area contributed by atoms with Crippen molar-refractivity contribution in [2.75, 3.05) is 23.7 Å². The minimum Gasteiger partial charge on any atom is -0.386 e. The third-order valence-corrected chi connectivity index (χ3v) is 5.12. The number of anilines is 2. The number of likely N-dealkylation sites (tertiary alicyclic amines) is 1. The molecule has 0 radical (unpaired) electrons. The highest BCUT2D eigenvalue weighted by Crippen LogP contribution is 2.34. The van der Waals surface area contributed by atoms with Gasteiger partial charge in [-0.05, 0) is 49.6 Å². The fourth-order valence-corrected chi connectivity index (χ4v) is 3.70. The van der Waals surface area contributed by atoms with Crippen LogP contribution in [-0.4, -0.2) is 46.2 Å². The Labute approximate surface area is 168 Å². The number of oxime groups is 1. The first-order valence-electron chi connectivity index (χ1n) is 9.62. The quantitative estimate of drug-likeness (QED) is 0.837. The van der Waals surface area contributed by atoms with Crippen LogP contribution in [-0.2, 0) is 9.63 Å². The average Bonchev–Trinajstić information content (AvgIpc) is 3.12. The molecule has 2 aliphatic heterocycles. The maximum absolute atomic E-state index is 12.7. The zero-order valence-electron chi connectivity index (χ0n) is 16.2. The van der Waals surface area contributed by atoms with Gasteiger partial charge in [-0.25, -0.2) is 4.79 Å². The molecular weight excluding hydrogens is 370 g/mol. The molecule has 1 unspecified atom stereocenters. The summed E-state index contributed by atoms with van der Waals surface area (Å²) in [7, 11) is 0. The zero-order valence-corrected chi connectivity index (χ0v) is 16.2. The van der Waals surface area contributed by atoms with Crippen molar-refractivity contribution in [2.45, 2.75) is 31.8 Å². The molecule has 3 heterocycles. The van der Waals surface area contributed by atoms with E-state index in [0.29, 0.717) is 30.9 Å². The summed E-state index contributed by atoms with van der Waals surface area (Å²) in [4.78, 5) is 36.6. The third kappa shape index (κ3) is 4.37. The molecule has 150 valence electrons. The molecule has 0 aliphatic carbocycles. The van der Waals surface area contributed by atoms with Crippen LogP contribution in [0.3, 0.4) is 0 Å². The predicted molar refractivity (Wildman–Crippen MR) is 110 cm³/mol. The monoisotopic (exact) mass is 393 g/mol. The fourth-order valence-electron chi connectivity index (χ4n) is 3.70. The molecule has 1 aromatic carbocycles. The van der Waals surface area contributed by atoms with E-state index in [0.717, 1.165) is 24.1 Å². The molecule has 2 aliphatic rings. The van der Waals surface area contributed by atoms with Crippen LogP contribution in [0, 0.1) is 6.92 Å². The van der Waals surface area contributed by atoms with E-state index in [-0.39, 0.29) is 11.9 Å². The summed E-state index contributed by atoms with van der Waals surface area (Å²) in [5.41, 5.74) is 2.12. The number of pyridine rings is 1. The van der Waals surface area contributed by atoms with Crippen molar-refractivity contribution >= 4 is 29.0 Å².